The first-order valence-corrected chi connectivity index (χ1v) is 7.36. The highest BCUT2D eigenvalue weighted by Crippen LogP contribution is 2.47. The molecule has 0 aromatic heterocycles. The van der Waals surface area contributed by atoms with Crippen molar-refractivity contribution < 1.29 is 14.3 Å². The third kappa shape index (κ3) is 1.91. The van der Waals surface area contributed by atoms with Crippen LogP contribution in [0.3, 0.4) is 0 Å². The van der Waals surface area contributed by atoms with E-state index < -0.39 is 0 Å². The SMILES string of the molecule is CCC1(C)C(=O)CC1Oc1cccc2c1OC(C)(C)C2. The minimum absolute atomic E-state index is 0.0289. The van der Waals surface area contributed by atoms with Crippen molar-refractivity contribution >= 4 is 5.78 Å². The summed E-state index contributed by atoms with van der Waals surface area (Å²) in [6.07, 6.45) is 2.20. The molecule has 0 amide bonds. The normalized spacial score (nSPS) is 30.4. The van der Waals surface area contributed by atoms with Gasteiger partial charge >= 0.3 is 0 Å². The average molecular weight is 274 g/mol. The lowest BCUT2D eigenvalue weighted by atomic mass is 9.64. The maximum Gasteiger partial charge on any atom is 0.165 e. The summed E-state index contributed by atoms with van der Waals surface area (Å²) < 4.78 is 12.1. The number of ether oxygens (including phenoxy) is 2. The highest BCUT2D eigenvalue weighted by molar-refractivity contribution is 5.92. The van der Waals surface area contributed by atoms with E-state index in [4.69, 9.17) is 9.47 Å². The predicted molar refractivity (Wildman–Crippen MR) is 77.3 cm³/mol. The molecule has 1 aromatic rings. The van der Waals surface area contributed by atoms with Crippen LogP contribution in [0.1, 0.15) is 46.1 Å². The second kappa shape index (κ2) is 4.24. The number of carbonyl (C=O) groups is 1. The molecule has 3 rings (SSSR count). The molecule has 2 unspecified atom stereocenters. The molecule has 1 aromatic carbocycles. The van der Waals surface area contributed by atoms with Gasteiger partial charge in [0.1, 0.15) is 17.5 Å². The van der Waals surface area contributed by atoms with Gasteiger partial charge in [-0.15, -0.1) is 0 Å². The molecule has 1 fully saturated rings. The molecule has 0 N–H and O–H groups in total. The monoisotopic (exact) mass is 274 g/mol. The summed E-state index contributed by atoms with van der Waals surface area (Å²) in [7, 11) is 0. The van der Waals surface area contributed by atoms with Crippen molar-refractivity contribution in [3.8, 4) is 11.5 Å². The first-order chi connectivity index (χ1) is 9.36. The summed E-state index contributed by atoms with van der Waals surface area (Å²) >= 11 is 0. The number of carbonyl (C=O) groups excluding carboxylic acids is 1. The van der Waals surface area contributed by atoms with Gasteiger partial charge in [0.25, 0.3) is 0 Å². The number of rotatable bonds is 3. The van der Waals surface area contributed by atoms with Crippen molar-refractivity contribution in [3.63, 3.8) is 0 Å². The Labute approximate surface area is 120 Å². The molecular formula is C17H22O3. The Kier molecular flexibility index (Phi) is 2.86. The van der Waals surface area contributed by atoms with Gasteiger partial charge in [0, 0.05) is 18.4 Å². The van der Waals surface area contributed by atoms with E-state index in [1.807, 2.05) is 26.0 Å². The molecule has 1 saturated carbocycles. The first kappa shape index (κ1) is 13.5. The maximum absolute atomic E-state index is 11.8. The molecular weight excluding hydrogens is 252 g/mol. The van der Waals surface area contributed by atoms with Crippen LogP contribution in [0.5, 0.6) is 11.5 Å². The zero-order valence-corrected chi connectivity index (χ0v) is 12.7. The lowest BCUT2D eigenvalue weighted by molar-refractivity contribution is -0.150. The Morgan fingerprint density at radius 1 is 1.35 bits per heavy atom. The van der Waals surface area contributed by atoms with Gasteiger partial charge in [0.2, 0.25) is 0 Å². The van der Waals surface area contributed by atoms with Crippen LogP contribution < -0.4 is 9.47 Å². The quantitative estimate of drug-likeness (QED) is 0.845. The number of ketones is 1. The Balaban J connectivity index is 1.84. The standard InChI is InChI=1S/C17H22O3/c1-5-17(4)13(18)9-14(17)19-12-8-6-7-11-10-16(2,3)20-15(11)12/h6-8,14H,5,9-10H2,1-4H3. The van der Waals surface area contributed by atoms with Crippen LogP contribution in [0.4, 0.5) is 0 Å². The molecule has 1 aliphatic heterocycles. The highest BCUT2D eigenvalue weighted by atomic mass is 16.5. The van der Waals surface area contributed by atoms with Crippen LogP contribution in [0.25, 0.3) is 0 Å². The summed E-state index contributed by atoms with van der Waals surface area (Å²) in [6.45, 7) is 8.21. The lowest BCUT2D eigenvalue weighted by Gasteiger charge is -2.44. The van der Waals surface area contributed by atoms with E-state index in [2.05, 4.69) is 19.9 Å². The number of hydrogen-bond acceptors (Lipinski definition) is 3. The van der Waals surface area contributed by atoms with Crippen molar-refractivity contribution in [2.75, 3.05) is 0 Å². The second-order valence-corrected chi connectivity index (χ2v) is 6.79. The van der Waals surface area contributed by atoms with Crippen molar-refractivity contribution in [1.29, 1.82) is 0 Å². The molecule has 0 bridgehead atoms. The molecule has 2 aliphatic rings. The molecule has 2 atom stereocenters. The van der Waals surface area contributed by atoms with E-state index in [9.17, 15) is 4.79 Å². The largest absolute Gasteiger partial charge is 0.485 e. The smallest absolute Gasteiger partial charge is 0.165 e. The van der Waals surface area contributed by atoms with Crippen LogP contribution >= 0.6 is 0 Å². The summed E-state index contributed by atoms with van der Waals surface area (Å²) in [5.41, 5.74) is 0.679. The van der Waals surface area contributed by atoms with Crippen molar-refractivity contribution in [3.05, 3.63) is 23.8 Å². The number of hydrogen-bond donors (Lipinski definition) is 0. The molecule has 3 nitrogen and oxygen atoms in total. The maximum atomic E-state index is 11.8. The van der Waals surface area contributed by atoms with E-state index >= 15 is 0 Å². The fourth-order valence-electron chi connectivity index (χ4n) is 3.11. The Morgan fingerprint density at radius 2 is 2.10 bits per heavy atom. The van der Waals surface area contributed by atoms with E-state index in [1.54, 1.807) is 0 Å². The Morgan fingerprint density at radius 3 is 2.75 bits per heavy atom. The molecule has 1 heterocycles. The minimum atomic E-state index is -0.336. The zero-order chi connectivity index (χ0) is 14.5. The number of fused-ring (bicyclic) bond motifs is 1. The van der Waals surface area contributed by atoms with Gasteiger partial charge in [-0.3, -0.25) is 4.79 Å². The van der Waals surface area contributed by atoms with Gasteiger partial charge in [0.05, 0.1) is 5.41 Å². The fraction of sp³-hybridized carbons (Fsp3) is 0.588. The lowest BCUT2D eigenvalue weighted by Crippen LogP contribution is -2.54. The third-order valence-electron chi connectivity index (χ3n) is 4.78. The highest BCUT2D eigenvalue weighted by Gasteiger charge is 2.52. The Bertz CT molecular complexity index is 561. The molecule has 108 valence electrons. The summed E-state index contributed by atoms with van der Waals surface area (Å²) in [6, 6.07) is 6.03. The van der Waals surface area contributed by atoms with Crippen molar-refractivity contribution in [2.45, 2.75) is 58.7 Å². The van der Waals surface area contributed by atoms with E-state index in [0.29, 0.717) is 12.2 Å². The zero-order valence-electron chi connectivity index (χ0n) is 12.7. The van der Waals surface area contributed by atoms with Gasteiger partial charge < -0.3 is 9.47 Å². The summed E-state index contributed by atoms with van der Waals surface area (Å²) in [5, 5.41) is 0. The van der Waals surface area contributed by atoms with E-state index in [-0.39, 0.29) is 17.1 Å². The van der Waals surface area contributed by atoms with Gasteiger partial charge in [-0.25, -0.2) is 0 Å². The third-order valence-corrected chi connectivity index (χ3v) is 4.78. The van der Waals surface area contributed by atoms with Crippen molar-refractivity contribution in [1.82, 2.24) is 0 Å². The second-order valence-electron chi connectivity index (χ2n) is 6.79. The summed E-state index contributed by atoms with van der Waals surface area (Å²) in [4.78, 5) is 11.8. The Hall–Kier alpha value is -1.51. The molecule has 0 radical (unpaired) electrons. The van der Waals surface area contributed by atoms with E-state index in [0.717, 1.165) is 24.3 Å². The molecule has 3 heteroatoms. The van der Waals surface area contributed by atoms with Crippen molar-refractivity contribution in [2.24, 2.45) is 5.41 Å². The number of benzene rings is 1. The molecule has 20 heavy (non-hydrogen) atoms. The minimum Gasteiger partial charge on any atom is -0.485 e. The van der Waals surface area contributed by atoms with Crippen LogP contribution in [0, 0.1) is 5.41 Å². The van der Waals surface area contributed by atoms with Crippen LogP contribution in [-0.2, 0) is 11.2 Å². The predicted octanol–water partition coefficient (Wildman–Crippen LogP) is 3.54. The number of Topliss-reactive ketones (excluding diaryl/α,β-unsaturated/α-hetero) is 1. The van der Waals surface area contributed by atoms with Gasteiger partial charge in [0.15, 0.2) is 11.5 Å². The topological polar surface area (TPSA) is 35.5 Å². The van der Waals surface area contributed by atoms with Crippen LogP contribution in [0.15, 0.2) is 18.2 Å². The van der Waals surface area contributed by atoms with Crippen LogP contribution in [0.2, 0.25) is 0 Å². The fourth-order valence-corrected chi connectivity index (χ4v) is 3.11. The van der Waals surface area contributed by atoms with E-state index in [1.165, 1.54) is 5.56 Å². The molecule has 1 aliphatic carbocycles. The van der Waals surface area contributed by atoms with Crippen LogP contribution in [-0.4, -0.2) is 17.5 Å². The van der Waals surface area contributed by atoms with Gasteiger partial charge in [-0.1, -0.05) is 19.1 Å². The number of para-hydroxylation sites is 1. The average Bonchev–Trinajstić information content (AvgIpc) is 2.72. The van der Waals surface area contributed by atoms with Gasteiger partial charge in [-0.05, 0) is 33.3 Å². The van der Waals surface area contributed by atoms with Gasteiger partial charge in [-0.2, -0.15) is 0 Å². The molecule has 0 spiro atoms. The first-order valence-electron chi connectivity index (χ1n) is 7.36. The molecule has 0 saturated heterocycles. The summed E-state index contributed by atoms with van der Waals surface area (Å²) in [5.74, 6) is 1.94.